The molecule has 0 aliphatic carbocycles. The van der Waals surface area contributed by atoms with E-state index in [0.29, 0.717) is 25.3 Å². The zero-order chi connectivity index (χ0) is 31.0. The van der Waals surface area contributed by atoms with Crippen LogP contribution in [0.1, 0.15) is 41.1 Å². The molecule has 10 nitrogen and oxygen atoms in total. The molecule has 4 rings (SSSR count). The first-order chi connectivity index (χ1) is 19.0. The summed E-state index contributed by atoms with van der Waals surface area (Å²) in [4.78, 5) is 56.2. The van der Waals surface area contributed by atoms with Crippen molar-refractivity contribution < 1.29 is 55.7 Å². The van der Waals surface area contributed by atoms with Crippen LogP contribution in [0.2, 0.25) is 0 Å². The number of carbonyl (C=O) groups excluding carboxylic acids is 2. The van der Waals surface area contributed by atoms with Crippen LogP contribution in [0, 0.1) is 12.3 Å². The average Bonchev–Trinajstić information content (AvgIpc) is 3.18. The van der Waals surface area contributed by atoms with Gasteiger partial charge in [0, 0.05) is 31.5 Å². The fourth-order valence-electron chi connectivity index (χ4n) is 4.26. The number of alkyl halides is 6. The van der Waals surface area contributed by atoms with Crippen molar-refractivity contribution in [3.63, 3.8) is 0 Å². The SMILES string of the molecule is Cc1cccc(CN2CCC3(CCCN(C(=O)c4ccccn4)C3)C2=O)n1.O=C(O)C(F)(F)F.O=C(O)C(F)(F)F. The van der Waals surface area contributed by atoms with Crippen molar-refractivity contribution >= 4 is 23.8 Å². The van der Waals surface area contributed by atoms with E-state index in [1.165, 1.54) is 0 Å². The summed E-state index contributed by atoms with van der Waals surface area (Å²) in [6.07, 6.45) is -6.05. The van der Waals surface area contributed by atoms with Crippen molar-refractivity contribution in [3.05, 3.63) is 59.7 Å². The van der Waals surface area contributed by atoms with Gasteiger partial charge in [-0.25, -0.2) is 9.59 Å². The van der Waals surface area contributed by atoms with Gasteiger partial charge in [0.2, 0.25) is 5.91 Å². The minimum atomic E-state index is -5.08. The van der Waals surface area contributed by atoms with Gasteiger partial charge in [-0.2, -0.15) is 26.3 Å². The van der Waals surface area contributed by atoms with Gasteiger partial charge in [0.15, 0.2) is 0 Å². The highest BCUT2D eigenvalue weighted by molar-refractivity contribution is 5.93. The van der Waals surface area contributed by atoms with Crippen molar-refractivity contribution in [1.82, 2.24) is 19.8 Å². The van der Waals surface area contributed by atoms with Crippen molar-refractivity contribution in [1.29, 1.82) is 0 Å². The summed E-state index contributed by atoms with van der Waals surface area (Å²) >= 11 is 0. The molecule has 2 aromatic rings. The Balaban J connectivity index is 0.000000349. The molecule has 2 aliphatic heterocycles. The Morgan fingerprint density at radius 3 is 2.05 bits per heavy atom. The van der Waals surface area contributed by atoms with Gasteiger partial charge in [-0.05, 0) is 50.5 Å². The lowest BCUT2D eigenvalue weighted by atomic mass is 9.78. The smallest absolute Gasteiger partial charge is 0.475 e. The Morgan fingerprint density at radius 2 is 1.54 bits per heavy atom. The fraction of sp³-hybridized carbons (Fsp3) is 0.440. The van der Waals surface area contributed by atoms with Crippen molar-refractivity contribution in [2.75, 3.05) is 19.6 Å². The first-order valence-corrected chi connectivity index (χ1v) is 12.0. The lowest BCUT2D eigenvalue weighted by Gasteiger charge is -2.38. The lowest BCUT2D eigenvalue weighted by Crippen LogP contribution is -2.49. The largest absolute Gasteiger partial charge is 0.490 e. The Morgan fingerprint density at radius 1 is 0.927 bits per heavy atom. The van der Waals surface area contributed by atoms with Crippen LogP contribution in [0.4, 0.5) is 26.3 Å². The highest BCUT2D eigenvalue weighted by Crippen LogP contribution is 2.41. The van der Waals surface area contributed by atoms with Gasteiger partial charge in [0.05, 0.1) is 17.7 Å². The molecule has 2 saturated heterocycles. The number of aromatic nitrogens is 2. The molecular formula is C25H26F6N4O6. The number of carboxylic acids is 2. The van der Waals surface area contributed by atoms with Crippen LogP contribution in [-0.4, -0.2) is 85.7 Å². The third-order valence-electron chi connectivity index (χ3n) is 6.13. The Hall–Kier alpha value is -4.24. The number of likely N-dealkylation sites (tertiary alicyclic amines) is 2. The van der Waals surface area contributed by atoms with Crippen LogP contribution in [-0.2, 0) is 20.9 Å². The molecule has 16 heteroatoms. The number of carbonyl (C=O) groups is 4. The third kappa shape index (κ3) is 9.42. The first kappa shape index (κ1) is 33.0. The molecule has 0 radical (unpaired) electrons. The third-order valence-corrected chi connectivity index (χ3v) is 6.13. The maximum atomic E-state index is 13.2. The quantitative estimate of drug-likeness (QED) is 0.514. The van der Waals surface area contributed by atoms with E-state index in [2.05, 4.69) is 9.97 Å². The number of aryl methyl sites for hydroxylation is 1. The van der Waals surface area contributed by atoms with Gasteiger partial charge in [-0.15, -0.1) is 0 Å². The van der Waals surface area contributed by atoms with Crippen LogP contribution >= 0.6 is 0 Å². The summed E-state index contributed by atoms with van der Waals surface area (Å²) in [5.74, 6) is -5.44. The van der Waals surface area contributed by atoms with Crippen LogP contribution in [0.25, 0.3) is 0 Å². The highest BCUT2D eigenvalue weighted by atomic mass is 19.4. The Kier molecular flexibility index (Phi) is 10.8. The summed E-state index contributed by atoms with van der Waals surface area (Å²) in [6.45, 7) is 4.39. The number of carboxylic acid groups (broad SMARTS) is 2. The van der Waals surface area contributed by atoms with Crippen molar-refractivity contribution in [2.45, 2.75) is 45.1 Å². The number of aliphatic carboxylic acids is 2. The second-order valence-electron chi connectivity index (χ2n) is 9.18. The standard InChI is InChI=1S/C21H24N4O2.2C2HF3O2/c1-16-6-4-7-17(23-16)14-24-13-10-21(20(24)27)9-5-12-25(15-21)19(26)18-8-2-3-11-22-18;2*3-2(4,5)1(6)7/h2-4,6-8,11H,5,9-10,12-15H2,1H3;2*(H,6,7). The van der Waals surface area contributed by atoms with E-state index in [-0.39, 0.29) is 11.8 Å². The topological polar surface area (TPSA) is 141 Å². The van der Waals surface area contributed by atoms with E-state index in [4.69, 9.17) is 19.8 Å². The first-order valence-electron chi connectivity index (χ1n) is 12.0. The number of nitrogens with zero attached hydrogens (tertiary/aromatic N) is 4. The summed E-state index contributed by atoms with van der Waals surface area (Å²) in [7, 11) is 0. The number of pyridine rings is 2. The van der Waals surface area contributed by atoms with Gasteiger partial charge >= 0.3 is 24.3 Å². The number of hydrogen-bond acceptors (Lipinski definition) is 6. The highest BCUT2D eigenvalue weighted by Gasteiger charge is 2.49. The second kappa shape index (κ2) is 13.4. The fourth-order valence-corrected chi connectivity index (χ4v) is 4.26. The van der Waals surface area contributed by atoms with Crippen LogP contribution in [0.3, 0.4) is 0 Å². The molecule has 0 aromatic carbocycles. The zero-order valence-electron chi connectivity index (χ0n) is 21.6. The van der Waals surface area contributed by atoms with Gasteiger partial charge in [0.25, 0.3) is 5.91 Å². The maximum absolute atomic E-state index is 13.2. The summed E-state index contributed by atoms with van der Waals surface area (Å²) in [5, 5.41) is 14.2. The van der Waals surface area contributed by atoms with Crippen LogP contribution in [0.15, 0.2) is 42.6 Å². The number of rotatable bonds is 3. The molecule has 1 atom stereocenters. The van der Waals surface area contributed by atoms with Crippen molar-refractivity contribution in [2.24, 2.45) is 5.41 Å². The van der Waals surface area contributed by atoms with Crippen molar-refractivity contribution in [3.8, 4) is 0 Å². The van der Waals surface area contributed by atoms with Crippen LogP contribution < -0.4 is 0 Å². The number of halogens is 6. The minimum Gasteiger partial charge on any atom is -0.475 e. The minimum absolute atomic E-state index is 0.0822. The predicted octanol–water partition coefficient (Wildman–Crippen LogP) is 3.71. The molecule has 0 saturated carbocycles. The molecule has 2 fully saturated rings. The molecule has 0 bridgehead atoms. The van der Waals surface area contributed by atoms with E-state index < -0.39 is 29.7 Å². The number of amides is 2. The molecule has 2 aliphatic rings. The van der Waals surface area contributed by atoms with E-state index in [9.17, 15) is 35.9 Å². The molecule has 2 N–H and O–H groups in total. The molecule has 2 amide bonds. The Bertz CT molecular complexity index is 1220. The van der Waals surface area contributed by atoms with E-state index in [0.717, 1.165) is 37.2 Å². The second-order valence-corrected chi connectivity index (χ2v) is 9.18. The van der Waals surface area contributed by atoms with E-state index in [1.807, 2.05) is 36.1 Å². The molecule has 1 unspecified atom stereocenters. The van der Waals surface area contributed by atoms with Crippen LogP contribution in [0.5, 0.6) is 0 Å². The normalized spacial score (nSPS) is 18.7. The van der Waals surface area contributed by atoms with Gasteiger partial charge in [-0.3, -0.25) is 19.6 Å². The van der Waals surface area contributed by atoms with Gasteiger partial charge < -0.3 is 20.0 Å². The molecule has 224 valence electrons. The number of piperidine rings is 1. The number of hydrogen-bond donors (Lipinski definition) is 2. The lowest BCUT2D eigenvalue weighted by molar-refractivity contribution is -0.193. The maximum Gasteiger partial charge on any atom is 0.490 e. The van der Waals surface area contributed by atoms with Gasteiger partial charge in [0.1, 0.15) is 5.69 Å². The molecule has 2 aromatic heterocycles. The molecule has 4 heterocycles. The monoisotopic (exact) mass is 592 g/mol. The average molecular weight is 592 g/mol. The molecular weight excluding hydrogens is 566 g/mol. The summed E-state index contributed by atoms with van der Waals surface area (Å²) in [5.41, 5.74) is 1.86. The van der Waals surface area contributed by atoms with E-state index >= 15 is 0 Å². The predicted molar refractivity (Wildman–Crippen MR) is 128 cm³/mol. The zero-order valence-corrected chi connectivity index (χ0v) is 21.6. The van der Waals surface area contributed by atoms with Gasteiger partial charge in [-0.1, -0.05) is 12.1 Å². The summed E-state index contributed by atoms with van der Waals surface area (Å²) < 4.78 is 63.5. The summed E-state index contributed by atoms with van der Waals surface area (Å²) in [6, 6.07) is 11.2. The Labute approximate surface area is 229 Å². The molecule has 41 heavy (non-hydrogen) atoms. The molecule has 1 spiro atoms. The van der Waals surface area contributed by atoms with E-state index in [1.54, 1.807) is 23.2 Å².